The topological polar surface area (TPSA) is 38.7 Å². The summed E-state index contributed by atoms with van der Waals surface area (Å²) in [4.78, 5) is 4.78. The Morgan fingerprint density at radius 3 is 1.81 bits per heavy atom. The predicted molar refractivity (Wildman–Crippen MR) is 107 cm³/mol. The van der Waals surface area contributed by atoms with E-state index in [0.29, 0.717) is 0 Å². The number of benzene rings is 2. The Bertz CT molecular complexity index is 572. The van der Waals surface area contributed by atoms with Crippen LogP contribution in [0.25, 0.3) is 0 Å². The third-order valence-electron chi connectivity index (χ3n) is 4.96. The number of aliphatic hydroxyl groups is 1. The molecular weight excluding hydrogens is 322 g/mol. The van der Waals surface area contributed by atoms with E-state index in [-0.39, 0.29) is 6.10 Å². The average molecular weight is 354 g/mol. The fraction of sp³-hybridized carbons (Fsp3) is 0.455. The zero-order valence-electron chi connectivity index (χ0n) is 15.6. The van der Waals surface area contributed by atoms with Crippen LogP contribution >= 0.6 is 0 Å². The maximum absolute atomic E-state index is 9.34. The van der Waals surface area contributed by atoms with Gasteiger partial charge in [0, 0.05) is 52.4 Å². The maximum atomic E-state index is 9.34. The highest BCUT2D eigenvalue weighted by atomic mass is 16.3. The van der Waals surface area contributed by atoms with E-state index in [9.17, 15) is 5.11 Å². The van der Waals surface area contributed by atoms with Crippen molar-refractivity contribution in [2.75, 3.05) is 39.3 Å². The maximum Gasteiger partial charge on any atom is 0.0679 e. The van der Waals surface area contributed by atoms with Crippen molar-refractivity contribution >= 4 is 0 Å². The molecule has 0 aliphatic carbocycles. The average Bonchev–Trinajstić information content (AvgIpc) is 3.09. The molecule has 4 heteroatoms. The van der Waals surface area contributed by atoms with E-state index in [1.165, 1.54) is 24.2 Å². The molecule has 2 aromatic rings. The lowest BCUT2D eigenvalue weighted by Gasteiger charge is -2.27. The second-order valence-electron chi connectivity index (χ2n) is 7.17. The summed E-state index contributed by atoms with van der Waals surface area (Å²) in [6.45, 7) is 8.54. The summed E-state index contributed by atoms with van der Waals surface area (Å²) in [5, 5.41) is 12.7. The number of likely N-dealkylation sites (tertiary alicyclic amines) is 1. The second kappa shape index (κ2) is 10.4. The lowest BCUT2D eigenvalue weighted by molar-refractivity contribution is 0.175. The lowest BCUT2D eigenvalue weighted by Crippen LogP contribution is -2.42. The van der Waals surface area contributed by atoms with Crippen LogP contribution in [0.4, 0.5) is 0 Å². The molecule has 0 aromatic heterocycles. The van der Waals surface area contributed by atoms with Crippen molar-refractivity contribution in [3.63, 3.8) is 0 Å². The highest BCUT2D eigenvalue weighted by Gasteiger charge is 2.19. The minimum Gasteiger partial charge on any atom is -0.392 e. The van der Waals surface area contributed by atoms with Crippen molar-refractivity contribution in [2.45, 2.75) is 25.6 Å². The minimum absolute atomic E-state index is 0.108. The Balaban J connectivity index is 0.000000151. The first-order chi connectivity index (χ1) is 12.8. The van der Waals surface area contributed by atoms with Gasteiger partial charge in [-0.1, -0.05) is 60.7 Å². The Labute approximate surface area is 157 Å². The molecule has 2 aromatic carbocycles. The van der Waals surface area contributed by atoms with Crippen molar-refractivity contribution in [2.24, 2.45) is 0 Å². The molecule has 0 radical (unpaired) electrons. The third-order valence-corrected chi connectivity index (χ3v) is 4.96. The van der Waals surface area contributed by atoms with Gasteiger partial charge in [-0.05, 0) is 17.5 Å². The standard InChI is InChI=1S/C11H16N2.C11H15NO/c1-2-4-11(5-3-1)10-13-8-6-12-7-9-13;13-11-6-7-12(9-11)8-10-4-2-1-3-5-10/h1-5,12H,6-10H2;1-5,11,13H,6-9H2. The van der Waals surface area contributed by atoms with Gasteiger partial charge in [0.1, 0.15) is 0 Å². The van der Waals surface area contributed by atoms with Crippen LogP contribution in [-0.4, -0.2) is 60.3 Å². The summed E-state index contributed by atoms with van der Waals surface area (Å²) in [6.07, 6.45) is 0.816. The molecule has 4 rings (SSSR count). The van der Waals surface area contributed by atoms with Crippen molar-refractivity contribution < 1.29 is 5.11 Å². The van der Waals surface area contributed by atoms with Crippen LogP contribution in [0.5, 0.6) is 0 Å². The molecule has 0 bridgehead atoms. The molecule has 26 heavy (non-hydrogen) atoms. The number of nitrogens with zero attached hydrogens (tertiary/aromatic N) is 2. The van der Waals surface area contributed by atoms with Gasteiger partial charge in [-0.2, -0.15) is 0 Å². The van der Waals surface area contributed by atoms with Crippen LogP contribution in [0.2, 0.25) is 0 Å². The monoisotopic (exact) mass is 353 g/mol. The number of nitrogens with one attached hydrogen (secondary N) is 1. The predicted octanol–water partition coefficient (Wildman–Crippen LogP) is 2.34. The number of aliphatic hydroxyl groups excluding tert-OH is 1. The van der Waals surface area contributed by atoms with E-state index in [4.69, 9.17) is 0 Å². The Morgan fingerprint density at radius 1 is 0.769 bits per heavy atom. The van der Waals surface area contributed by atoms with Crippen LogP contribution in [-0.2, 0) is 13.1 Å². The van der Waals surface area contributed by atoms with Gasteiger partial charge in [-0.3, -0.25) is 9.80 Å². The number of hydrogen-bond donors (Lipinski definition) is 2. The van der Waals surface area contributed by atoms with Crippen LogP contribution in [0.1, 0.15) is 17.5 Å². The van der Waals surface area contributed by atoms with Gasteiger partial charge < -0.3 is 10.4 Å². The van der Waals surface area contributed by atoms with Crippen molar-refractivity contribution in [1.29, 1.82) is 0 Å². The van der Waals surface area contributed by atoms with Crippen LogP contribution < -0.4 is 5.32 Å². The summed E-state index contributed by atoms with van der Waals surface area (Å²) in [5.74, 6) is 0. The van der Waals surface area contributed by atoms with Gasteiger partial charge in [0.05, 0.1) is 6.10 Å². The zero-order chi connectivity index (χ0) is 18.0. The SMILES string of the molecule is OC1CCN(Cc2ccccc2)C1.c1ccc(CN2CCNCC2)cc1. The van der Waals surface area contributed by atoms with Gasteiger partial charge in [-0.25, -0.2) is 0 Å². The molecular formula is C22H31N3O. The Morgan fingerprint density at radius 2 is 1.31 bits per heavy atom. The normalized spacial score (nSPS) is 21.2. The van der Waals surface area contributed by atoms with Crippen LogP contribution in [0, 0.1) is 0 Å². The molecule has 2 saturated heterocycles. The summed E-state index contributed by atoms with van der Waals surface area (Å²) in [5.41, 5.74) is 2.75. The lowest BCUT2D eigenvalue weighted by atomic mass is 10.2. The summed E-state index contributed by atoms with van der Waals surface area (Å²) >= 11 is 0. The fourth-order valence-electron chi connectivity index (χ4n) is 3.51. The number of piperazine rings is 1. The first-order valence-corrected chi connectivity index (χ1v) is 9.71. The smallest absolute Gasteiger partial charge is 0.0679 e. The van der Waals surface area contributed by atoms with Crippen LogP contribution in [0.3, 0.4) is 0 Å². The van der Waals surface area contributed by atoms with Gasteiger partial charge in [-0.15, -0.1) is 0 Å². The number of hydrogen-bond acceptors (Lipinski definition) is 4. The van der Waals surface area contributed by atoms with Gasteiger partial charge in [0.2, 0.25) is 0 Å². The molecule has 2 N–H and O–H groups in total. The molecule has 1 atom stereocenters. The fourth-order valence-corrected chi connectivity index (χ4v) is 3.51. The van der Waals surface area contributed by atoms with Crippen molar-refractivity contribution in [3.05, 3.63) is 71.8 Å². The van der Waals surface area contributed by atoms with Gasteiger partial charge >= 0.3 is 0 Å². The molecule has 1 unspecified atom stereocenters. The molecule has 0 spiro atoms. The molecule has 2 heterocycles. The molecule has 0 amide bonds. The molecule has 4 nitrogen and oxygen atoms in total. The summed E-state index contributed by atoms with van der Waals surface area (Å²) in [7, 11) is 0. The van der Waals surface area contributed by atoms with Crippen LogP contribution in [0.15, 0.2) is 60.7 Å². The molecule has 2 fully saturated rings. The number of rotatable bonds is 4. The number of β-amino-alcohol motifs (C(OH)–C–C–N with tert-alkyl or cyclic N) is 1. The zero-order valence-corrected chi connectivity index (χ0v) is 15.6. The summed E-state index contributed by atoms with van der Waals surface area (Å²) in [6, 6.07) is 21.1. The molecule has 0 saturated carbocycles. The highest BCUT2D eigenvalue weighted by Crippen LogP contribution is 2.12. The van der Waals surface area contributed by atoms with E-state index >= 15 is 0 Å². The van der Waals surface area contributed by atoms with Crippen molar-refractivity contribution in [3.8, 4) is 0 Å². The molecule has 2 aliphatic heterocycles. The molecule has 2 aliphatic rings. The van der Waals surface area contributed by atoms with E-state index in [2.05, 4.69) is 69.7 Å². The Kier molecular flexibility index (Phi) is 7.65. The van der Waals surface area contributed by atoms with E-state index in [1.54, 1.807) is 0 Å². The quantitative estimate of drug-likeness (QED) is 0.885. The Hall–Kier alpha value is -1.72. The second-order valence-corrected chi connectivity index (χ2v) is 7.17. The van der Waals surface area contributed by atoms with E-state index < -0.39 is 0 Å². The molecule has 140 valence electrons. The van der Waals surface area contributed by atoms with E-state index in [0.717, 1.165) is 45.7 Å². The first kappa shape index (κ1) is 19.1. The highest BCUT2D eigenvalue weighted by molar-refractivity contribution is 5.15. The van der Waals surface area contributed by atoms with Crippen molar-refractivity contribution in [1.82, 2.24) is 15.1 Å². The first-order valence-electron chi connectivity index (χ1n) is 9.71. The third kappa shape index (κ3) is 6.54. The van der Waals surface area contributed by atoms with E-state index in [1.807, 2.05) is 6.07 Å². The largest absolute Gasteiger partial charge is 0.392 e. The minimum atomic E-state index is -0.108. The van der Waals surface area contributed by atoms with Gasteiger partial charge in [0.25, 0.3) is 0 Å². The summed E-state index contributed by atoms with van der Waals surface area (Å²) < 4.78 is 0. The van der Waals surface area contributed by atoms with Gasteiger partial charge in [0.15, 0.2) is 0 Å².